The first-order valence-corrected chi connectivity index (χ1v) is 10.5. The first kappa shape index (κ1) is 22.7. The summed E-state index contributed by atoms with van der Waals surface area (Å²) in [6, 6.07) is 5.27. The van der Waals surface area contributed by atoms with Gasteiger partial charge in [0.25, 0.3) is 5.91 Å². The van der Waals surface area contributed by atoms with E-state index >= 15 is 0 Å². The van der Waals surface area contributed by atoms with Gasteiger partial charge in [0, 0.05) is 38.3 Å². The predicted octanol–water partition coefficient (Wildman–Crippen LogP) is 3.69. The lowest BCUT2D eigenvalue weighted by Crippen LogP contribution is -2.38. The number of piperidine rings is 1. The van der Waals surface area contributed by atoms with E-state index < -0.39 is 0 Å². The molecule has 1 saturated heterocycles. The summed E-state index contributed by atoms with van der Waals surface area (Å²) >= 11 is 6.37. The van der Waals surface area contributed by atoms with E-state index in [1.165, 1.54) is 0 Å². The highest BCUT2D eigenvalue weighted by Gasteiger charge is 2.21. The number of benzene rings is 1. The summed E-state index contributed by atoms with van der Waals surface area (Å²) in [7, 11) is 3.95. The molecule has 1 amide bonds. The van der Waals surface area contributed by atoms with Crippen molar-refractivity contribution in [1.82, 2.24) is 15.1 Å². The number of amides is 1. The van der Waals surface area contributed by atoms with Crippen LogP contribution in [0.1, 0.15) is 37.0 Å². The number of ether oxygens (including phenoxy) is 1. The van der Waals surface area contributed by atoms with Crippen LogP contribution in [-0.4, -0.2) is 68.6 Å². The normalized spacial score (nSPS) is 16.2. The Morgan fingerprint density at radius 1 is 1.36 bits per heavy atom. The van der Waals surface area contributed by atoms with Crippen LogP contribution in [0.25, 0.3) is 0 Å². The molecule has 1 fully saturated rings. The summed E-state index contributed by atoms with van der Waals surface area (Å²) in [4.78, 5) is 16.7. The molecule has 0 radical (unpaired) electrons. The number of nitrogens with one attached hydrogen (secondary N) is 1. The van der Waals surface area contributed by atoms with Crippen molar-refractivity contribution in [3.63, 3.8) is 0 Å². The number of likely N-dealkylation sites (tertiary alicyclic amines) is 1. The Kier molecular flexibility index (Phi) is 9.29. The zero-order chi connectivity index (χ0) is 20.5. The van der Waals surface area contributed by atoms with Crippen molar-refractivity contribution < 1.29 is 9.53 Å². The van der Waals surface area contributed by atoms with Crippen LogP contribution in [0, 0.1) is 5.92 Å². The van der Waals surface area contributed by atoms with Gasteiger partial charge in [-0.2, -0.15) is 0 Å². The Morgan fingerprint density at radius 2 is 2.07 bits per heavy atom. The van der Waals surface area contributed by atoms with E-state index in [4.69, 9.17) is 16.3 Å². The number of carbonyl (C=O) groups is 1. The third-order valence-electron chi connectivity index (χ3n) is 4.75. The molecule has 0 atom stereocenters. The average Bonchev–Trinajstić information content (AvgIpc) is 2.64. The number of likely N-dealkylation sites (N-methyl/N-ethyl adjacent to an activating group) is 1. The highest BCUT2D eigenvalue weighted by Crippen LogP contribution is 2.28. The zero-order valence-electron chi connectivity index (χ0n) is 17.6. The van der Waals surface area contributed by atoms with Crippen LogP contribution in [0.5, 0.6) is 5.75 Å². The van der Waals surface area contributed by atoms with E-state index in [-0.39, 0.29) is 12.0 Å². The number of hydrogen-bond donors (Lipinski definition) is 1. The van der Waals surface area contributed by atoms with Gasteiger partial charge < -0.3 is 15.0 Å². The maximum absolute atomic E-state index is 12.2. The molecule has 0 bridgehead atoms. The second kappa shape index (κ2) is 11.4. The fourth-order valence-electron chi connectivity index (χ4n) is 3.10. The van der Waals surface area contributed by atoms with Gasteiger partial charge in [-0.25, -0.2) is 0 Å². The number of rotatable bonds is 9. The Labute approximate surface area is 174 Å². The fraction of sp³-hybridized carbons (Fsp3) is 0.591. The Hall–Kier alpha value is -1.56. The maximum atomic E-state index is 12.2. The van der Waals surface area contributed by atoms with Gasteiger partial charge in [0.1, 0.15) is 11.9 Å². The number of carbonyl (C=O) groups excluding carboxylic acids is 1. The molecule has 1 heterocycles. The summed E-state index contributed by atoms with van der Waals surface area (Å²) in [5.74, 6) is 1.14. The Balaban J connectivity index is 1.81. The van der Waals surface area contributed by atoms with Gasteiger partial charge in [-0.05, 0) is 51.1 Å². The third kappa shape index (κ3) is 7.82. The zero-order valence-corrected chi connectivity index (χ0v) is 18.3. The van der Waals surface area contributed by atoms with Crippen LogP contribution in [0.3, 0.4) is 0 Å². The van der Waals surface area contributed by atoms with E-state index in [2.05, 4.69) is 36.2 Å². The minimum absolute atomic E-state index is 0.113. The largest absolute Gasteiger partial charge is 0.489 e. The first-order valence-electron chi connectivity index (χ1n) is 10.1. The van der Waals surface area contributed by atoms with Crippen LogP contribution in [0.2, 0.25) is 5.02 Å². The van der Waals surface area contributed by atoms with Crippen molar-refractivity contribution in [3.8, 4) is 5.75 Å². The molecule has 0 spiro atoms. The maximum Gasteiger partial charge on any atom is 0.251 e. The standard InChI is InChI=1S/C22H34ClN3O2/c1-17(2)6-5-12-26-13-9-19(10-14-26)28-21-8-7-18(16-20(21)23)22(27)24-11-15-25(3)4/h5-8,16-17,19H,9-15H2,1-4H3,(H,24,27)/b6-5+. The van der Waals surface area contributed by atoms with E-state index in [1.54, 1.807) is 18.2 Å². The van der Waals surface area contributed by atoms with Gasteiger partial charge >= 0.3 is 0 Å². The van der Waals surface area contributed by atoms with E-state index in [9.17, 15) is 4.79 Å². The molecule has 1 aromatic carbocycles. The molecule has 0 unspecified atom stereocenters. The number of hydrogen-bond acceptors (Lipinski definition) is 4. The van der Waals surface area contributed by atoms with E-state index in [0.717, 1.165) is 39.0 Å². The van der Waals surface area contributed by atoms with Crippen LogP contribution < -0.4 is 10.1 Å². The van der Waals surface area contributed by atoms with Crippen LogP contribution in [-0.2, 0) is 0 Å². The Morgan fingerprint density at radius 3 is 2.68 bits per heavy atom. The van der Waals surface area contributed by atoms with Gasteiger partial charge in [0.05, 0.1) is 5.02 Å². The van der Waals surface area contributed by atoms with Crippen molar-refractivity contribution >= 4 is 17.5 Å². The molecule has 6 heteroatoms. The van der Waals surface area contributed by atoms with E-state index in [0.29, 0.717) is 28.8 Å². The lowest BCUT2D eigenvalue weighted by atomic mass is 10.1. The SMILES string of the molecule is CC(C)/C=C/CN1CCC(Oc2ccc(C(=O)NCCN(C)C)cc2Cl)CC1. The molecule has 0 saturated carbocycles. The first-order chi connectivity index (χ1) is 13.3. The second-order valence-electron chi connectivity index (χ2n) is 7.99. The van der Waals surface area contributed by atoms with Gasteiger partial charge in [-0.1, -0.05) is 37.6 Å². The molecule has 0 aromatic heterocycles. The predicted molar refractivity (Wildman–Crippen MR) is 116 cm³/mol. The van der Waals surface area contributed by atoms with Crippen molar-refractivity contribution in [3.05, 3.63) is 40.9 Å². The van der Waals surface area contributed by atoms with Gasteiger partial charge in [-0.3, -0.25) is 9.69 Å². The minimum Gasteiger partial charge on any atom is -0.489 e. The van der Waals surface area contributed by atoms with Gasteiger partial charge in [0.2, 0.25) is 0 Å². The van der Waals surface area contributed by atoms with Crippen molar-refractivity contribution in [1.29, 1.82) is 0 Å². The van der Waals surface area contributed by atoms with Crippen molar-refractivity contribution in [2.24, 2.45) is 5.92 Å². The summed E-state index contributed by atoms with van der Waals surface area (Å²) in [5, 5.41) is 3.38. The van der Waals surface area contributed by atoms with E-state index in [1.807, 2.05) is 19.0 Å². The molecule has 5 nitrogen and oxygen atoms in total. The Bertz CT molecular complexity index is 653. The quantitative estimate of drug-likeness (QED) is 0.634. The van der Waals surface area contributed by atoms with Crippen LogP contribution in [0.4, 0.5) is 0 Å². The average molecular weight is 408 g/mol. The summed E-state index contributed by atoms with van der Waals surface area (Å²) in [6.07, 6.45) is 6.64. The summed E-state index contributed by atoms with van der Waals surface area (Å²) in [6.45, 7) is 8.84. The fourth-order valence-corrected chi connectivity index (χ4v) is 3.33. The van der Waals surface area contributed by atoms with Crippen molar-refractivity contribution in [2.45, 2.75) is 32.8 Å². The monoisotopic (exact) mass is 407 g/mol. The highest BCUT2D eigenvalue weighted by atomic mass is 35.5. The molecular formula is C22H34ClN3O2. The number of allylic oxidation sites excluding steroid dienone is 1. The smallest absolute Gasteiger partial charge is 0.251 e. The van der Waals surface area contributed by atoms with Crippen LogP contribution >= 0.6 is 11.6 Å². The number of halogens is 1. The summed E-state index contributed by atoms with van der Waals surface area (Å²) in [5.41, 5.74) is 0.558. The highest BCUT2D eigenvalue weighted by molar-refractivity contribution is 6.32. The molecule has 1 aliphatic rings. The molecule has 0 aliphatic carbocycles. The summed E-state index contributed by atoms with van der Waals surface area (Å²) < 4.78 is 6.11. The van der Waals surface area contributed by atoms with Gasteiger partial charge in [0.15, 0.2) is 0 Å². The molecule has 1 aliphatic heterocycles. The lowest BCUT2D eigenvalue weighted by Gasteiger charge is -2.31. The topological polar surface area (TPSA) is 44.8 Å². The molecule has 2 rings (SSSR count). The van der Waals surface area contributed by atoms with Crippen LogP contribution in [0.15, 0.2) is 30.4 Å². The lowest BCUT2D eigenvalue weighted by molar-refractivity contribution is 0.0950. The number of nitrogens with zero attached hydrogens (tertiary/aromatic N) is 2. The third-order valence-corrected chi connectivity index (χ3v) is 5.05. The minimum atomic E-state index is -0.113. The second-order valence-corrected chi connectivity index (χ2v) is 8.40. The van der Waals surface area contributed by atoms with Gasteiger partial charge in [-0.15, -0.1) is 0 Å². The molecular weight excluding hydrogens is 374 g/mol. The van der Waals surface area contributed by atoms with Crippen molar-refractivity contribution in [2.75, 3.05) is 46.8 Å². The molecule has 1 N–H and O–H groups in total. The molecule has 1 aromatic rings. The molecule has 156 valence electrons. The molecule has 28 heavy (non-hydrogen) atoms.